The van der Waals surface area contributed by atoms with Gasteiger partial charge in [-0.3, -0.25) is 9.59 Å². The van der Waals surface area contributed by atoms with E-state index in [1.54, 1.807) is 54.6 Å². The molecular formula is C33H20Cl5N5O5. The molecule has 242 valence electrons. The van der Waals surface area contributed by atoms with E-state index in [0.717, 1.165) is 0 Å². The summed E-state index contributed by atoms with van der Waals surface area (Å²) in [6, 6.07) is 18.2. The largest absolute Gasteiger partial charge is 0.505 e. The summed E-state index contributed by atoms with van der Waals surface area (Å²) < 4.78 is 10.6. The molecule has 0 radical (unpaired) electrons. The van der Waals surface area contributed by atoms with E-state index >= 15 is 0 Å². The topological polar surface area (TPSA) is 134 Å². The first-order chi connectivity index (χ1) is 23.0. The molecule has 15 heteroatoms. The van der Waals surface area contributed by atoms with Gasteiger partial charge in [0.1, 0.15) is 23.0 Å². The number of rotatable bonds is 7. The van der Waals surface area contributed by atoms with Gasteiger partial charge in [-0.2, -0.15) is 5.11 Å². The second kappa shape index (κ2) is 13.5. The van der Waals surface area contributed by atoms with Crippen LogP contribution >= 0.6 is 58.0 Å². The zero-order valence-electron chi connectivity index (χ0n) is 24.7. The standard InChI is InChI=1S/C33H20Cl5N5O5/c1-47-21-13-22(48-2)20(12-19(21)34)40-32(45)18-11-14-5-3-4-6-17(14)29(30(18)44)43-42-16-9-7-15(8-10-16)39-31-23-24(33(46)41-31)26(36)28(38)27(37)25(23)35/h3-13,44H,1-2H3,(H,40,45)(H,39,41,46). The number of phenolic OH excluding ortho intramolecular Hbond substituents is 1. The van der Waals surface area contributed by atoms with E-state index in [1.807, 2.05) is 0 Å². The zero-order chi connectivity index (χ0) is 34.3. The minimum Gasteiger partial charge on any atom is -0.505 e. The molecule has 0 aromatic heterocycles. The fraction of sp³-hybridized carbons (Fsp3) is 0.0606. The van der Waals surface area contributed by atoms with Crippen LogP contribution in [0.1, 0.15) is 26.3 Å². The highest BCUT2D eigenvalue weighted by atomic mass is 35.5. The molecule has 0 unspecified atom stereocenters. The van der Waals surface area contributed by atoms with Crippen LogP contribution in [0, 0.1) is 0 Å². The van der Waals surface area contributed by atoms with Crippen LogP contribution in [0.3, 0.4) is 0 Å². The van der Waals surface area contributed by atoms with Gasteiger partial charge in [-0.05, 0) is 41.8 Å². The summed E-state index contributed by atoms with van der Waals surface area (Å²) in [6.07, 6.45) is 0. The van der Waals surface area contributed by atoms with Gasteiger partial charge in [-0.25, -0.2) is 4.99 Å². The third-order valence-corrected chi connectivity index (χ3v) is 9.38. The maximum Gasteiger partial charge on any atom is 0.259 e. The van der Waals surface area contributed by atoms with Crippen LogP contribution in [0.2, 0.25) is 25.1 Å². The highest BCUT2D eigenvalue weighted by Gasteiger charge is 2.34. The lowest BCUT2D eigenvalue weighted by molar-refractivity contribution is 0.0981. The maximum absolute atomic E-state index is 13.4. The Morgan fingerprint density at radius 2 is 1.44 bits per heavy atom. The molecular weight excluding hydrogens is 724 g/mol. The Morgan fingerprint density at radius 3 is 2.12 bits per heavy atom. The molecule has 3 N–H and O–H groups in total. The smallest absolute Gasteiger partial charge is 0.259 e. The van der Waals surface area contributed by atoms with E-state index < -0.39 is 11.8 Å². The van der Waals surface area contributed by atoms with Gasteiger partial charge in [0.2, 0.25) is 0 Å². The van der Waals surface area contributed by atoms with Crippen LogP contribution in [-0.2, 0) is 0 Å². The summed E-state index contributed by atoms with van der Waals surface area (Å²) in [4.78, 5) is 30.5. The Labute approximate surface area is 297 Å². The van der Waals surface area contributed by atoms with Crippen molar-refractivity contribution in [2.24, 2.45) is 15.2 Å². The third kappa shape index (κ3) is 6.09. The second-order valence-electron chi connectivity index (χ2n) is 10.1. The van der Waals surface area contributed by atoms with Gasteiger partial charge >= 0.3 is 0 Å². The third-order valence-electron chi connectivity index (χ3n) is 7.28. The van der Waals surface area contributed by atoms with Gasteiger partial charge in [0, 0.05) is 11.5 Å². The van der Waals surface area contributed by atoms with Crippen molar-refractivity contribution in [2.75, 3.05) is 19.5 Å². The average Bonchev–Trinajstić information content (AvgIpc) is 3.41. The van der Waals surface area contributed by atoms with Crippen molar-refractivity contribution in [1.29, 1.82) is 0 Å². The van der Waals surface area contributed by atoms with Gasteiger partial charge < -0.3 is 25.2 Å². The minimum absolute atomic E-state index is 0.00391. The molecule has 0 aliphatic carbocycles. The predicted molar refractivity (Wildman–Crippen MR) is 189 cm³/mol. The SMILES string of the molecule is COc1cc(OC)c(NC(=O)c2cc3ccccc3c(N=Nc3ccc(N=C4NC(=O)c5c(Cl)c(Cl)c(Cl)c(Cl)c54)cc3)c2O)cc1Cl. The number of methoxy groups -OCH3 is 2. The van der Waals surface area contributed by atoms with Crippen LogP contribution in [0.15, 0.2) is 82.0 Å². The van der Waals surface area contributed by atoms with Crippen LogP contribution < -0.4 is 20.1 Å². The number of aliphatic imine (C=N–C) groups is 1. The zero-order valence-corrected chi connectivity index (χ0v) is 28.4. The number of carbonyl (C=O) groups is 2. The molecule has 1 aliphatic heterocycles. The number of nitrogens with zero attached hydrogens (tertiary/aromatic N) is 3. The Hall–Kier alpha value is -4.58. The van der Waals surface area contributed by atoms with Crippen molar-refractivity contribution >= 4 is 109 Å². The van der Waals surface area contributed by atoms with E-state index in [4.69, 9.17) is 67.5 Å². The molecule has 6 rings (SSSR count). The Bertz CT molecular complexity index is 2220. The highest BCUT2D eigenvalue weighted by molar-refractivity contribution is 6.55. The van der Waals surface area contributed by atoms with Gasteiger partial charge in [0.25, 0.3) is 11.8 Å². The number of benzene rings is 5. The fourth-order valence-electron chi connectivity index (χ4n) is 4.95. The number of fused-ring (bicyclic) bond motifs is 2. The second-order valence-corrected chi connectivity index (χ2v) is 12.0. The van der Waals surface area contributed by atoms with E-state index in [2.05, 4.69) is 25.9 Å². The minimum atomic E-state index is -0.636. The Kier molecular flexibility index (Phi) is 9.37. The van der Waals surface area contributed by atoms with E-state index in [1.165, 1.54) is 26.4 Å². The fourth-order valence-corrected chi connectivity index (χ4v) is 6.22. The Morgan fingerprint density at radius 1 is 0.792 bits per heavy atom. The van der Waals surface area contributed by atoms with Crippen LogP contribution in [0.4, 0.5) is 22.7 Å². The molecule has 5 aromatic carbocycles. The van der Waals surface area contributed by atoms with Crippen LogP contribution in [-0.4, -0.2) is 37.0 Å². The molecule has 0 atom stereocenters. The van der Waals surface area contributed by atoms with Crippen molar-refractivity contribution in [3.8, 4) is 17.2 Å². The number of amides is 2. The number of azo groups is 1. The number of phenols is 1. The van der Waals surface area contributed by atoms with Gasteiger partial charge in [0.15, 0.2) is 5.75 Å². The number of anilines is 1. The van der Waals surface area contributed by atoms with Crippen molar-refractivity contribution in [3.05, 3.63) is 109 Å². The summed E-state index contributed by atoms with van der Waals surface area (Å²) in [5.74, 6) is -0.725. The molecule has 48 heavy (non-hydrogen) atoms. The number of halogens is 5. The monoisotopic (exact) mass is 741 g/mol. The number of amidine groups is 1. The number of carbonyl (C=O) groups excluding carboxylic acids is 2. The highest BCUT2D eigenvalue weighted by Crippen LogP contribution is 2.44. The van der Waals surface area contributed by atoms with Crippen molar-refractivity contribution in [2.45, 2.75) is 0 Å². The molecule has 0 saturated carbocycles. The molecule has 0 bridgehead atoms. The molecule has 0 spiro atoms. The lowest BCUT2D eigenvalue weighted by atomic mass is 10.0. The van der Waals surface area contributed by atoms with Crippen LogP contribution in [0.5, 0.6) is 17.2 Å². The molecule has 0 saturated heterocycles. The number of hydrogen-bond donors (Lipinski definition) is 3. The quantitative estimate of drug-likeness (QED) is 0.0867. The normalized spacial score (nSPS) is 13.2. The molecule has 0 fully saturated rings. The van der Waals surface area contributed by atoms with Crippen molar-refractivity contribution in [3.63, 3.8) is 0 Å². The van der Waals surface area contributed by atoms with E-state index in [9.17, 15) is 14.7 Å². The number of aromatic hydroxyl groups is 1. The first-order valence-electron chi connectivity index (χ1n) is 13.8. The summed E-state index contributed by atoms with van der Waals surface area (Å²) in [7, 11) is 2.90. The van der Waals surface area contributed by atoms with Crippen molar-refractivity contribution < 1.29 is 24.2 Å². The Balaban J connectivity index is 1.31. The van der Waals surface area contributed by atoms with Gasteiger partial charge in [-0.15, -0.1) is 5.11 Å². The first-order valence-corrected chi connectivity index (χ1v) is 15.7. The molecule has 1 aliphatic rings. The van der Waals surface area contributed by atoms with E-state index in [-0.39, 0.29) is 64.8 Å². The summed E-state index contributed by atoms with van der Waals surface area (Å²) in [5, 5.41) is 26.7. The van der Waals surface area contributed by atoms with Crippen molar-refractivity contribution in [1.82, 2.24) is 5.32 Å². The molecule has 2 amide bonds. The van der Waals surface area contributed by atoms with Gasteiger partial charge in [0.05, 0.1) is 73.1 Å². The lowest BCUT2D eigenvalue weighted by Crippen LogP contribution is -2.21. The predicted octanol–water partition coefficient (Wildman–Crippen LogP) is 10.3. The summed E-state index contributed by atoms with van der Waals surface area (Å²) >= 11 is 31.2. The van der Waals surface area contributed by atoms with Gasteiger partial charge in [-0.1, -0.05) is 82.3 Å². The first kappa shape index (κ1) is 33.3. The maximum atomic E-state index is 13.4. The van der Waals surface area contributed by atoms with E-state index in [0.29, 0.717) is 33.6 Å². The summed E-state index contributed by atoms with van der Waals surface area (Å²) in [5.41, 5.74) is 1.46. The summed E-state index contributed by atoms with van der Waals surface area (Å²) in [6.45, 7) is 0. The molecule has 10 nitrogen and oxygen atoms in total. The number of ether oxygens (including phenoxy) is 2. The lowest BCUT2D eigenvalue weighted by Gasteiger charge is -2.14. The van der Waals surface area contributed by atoms with Crippen LogP contribution in [0.25, 0.3) is 10.8 Å². The molecule has 5 aromatic rings. The number of nitrogens with one attached hydrogen (secondary N) is 2. The average molecular weight is 744 g/mol. The molecule has 1 heterocycles. The number of hydrogen-bond acceptors (Lipinski definition) is 8.